The SMILES string of the molecule is COc1cccc2c1CC(N)C2C(=O)O. The highest BCUT2D eigenvalue weighted by molar-refractivity contribution is 5.79. The van der Waals surface area contributed by atoms with Gasteiger partial charge in [0.05, 0.1) is 13.0 Å². The molecule has 0 heterocycles. The van der Waals surface area contributed by atoms with Crippen LogP contribution in [0.5, 0.6) is 5.75 Å². The third-order valence-corrected chi connectivity index (χ3v) is 2.86. The van der Waals surface area contributed by atoms with Gasteiger partial charge in [-0.2, -0.15) is 0 Å². The van der Waals surface area contributed by atoms with Crippen LogP contribution in [0.2, 0.25) is 0 Å². The Kier molecular flexibility index (Phi) is 2.36. The number of ether oxygens (including phenoxy) is 1. The topological polar surface area (TPSA) is 72.5 Å². The smallest absolute Gasteiger partial charge is 0.312 e. The number of rotatable bonds is 2. The van der Waals surface area contributed by atoms with Gasteiger partial charge in [0.1, 0.15) is 5.75 Å². The first-order valence-corrected chi connectivity index (χ1v) is 4.79. The number of carboxylic acid groups (broad SMARTS) is 1. The molecule has 0 fully saturated rings. The van der Waals surface area contributed by atoms with E-state index in [1.807, 2.05) is 12.1 Å². The van der Waals surface area contributed by atoms with Gasteiger partial charge in [-0.25, -0.2) is 0 Å². The van der Waals surface area contributed by atoms with Crippen LogP contribution in [0.4, 0.5) is 0 Å². The quantitative estimate of drug-likeness (QED) is 0.750. The van der Waals surface area contributed by atoms with Crippen molar-refractivity contribution in [3.05, 3.63) is 29.3 Å². The molecule has 0 radical (unpaired) electrons. The average Bonchev–Trinajstić information content (AvgIpc) is 2.53. The normalized spacial score (nSPS) is 23.6. The van der Waals surface area contributed by atoms with Crippen LogP contribution < -0.4 is 10.5 Å². The number of nitrogens with two attached hydrogens (primary N) is 1. The predicted molar refractivity (Wildman–Crippen MR) is 55.1 cm³/mol. The monoisotopic (exact) mass is 207 g/mol. The fourth-order valence-corrected chi connectivity index (χ4v) is 2.18. The van der Waals surface area contributed by atoms with Gasteiger partial charge < -0.3 is 15.6 Å². The van der Waals surface area contributed by atoms with Crippen LogP contribution in [0.3, 0.4) is 0 Å². The van der Waals surface area contributed by atoms with Crippen molar-refractivity contribution in [2.24, 2.45) is 5.73 Å². The first-order valence-electron chi connectivity index (χ1n) is 4.79. The Bertz CT molecular complexity index is 403. The van der Waals surface area contributed by atoms with E-state index in [2.05, 4.69) is 0 Å². The summed E-state index contributed by atoms with van der Waals surface area (Å²) in [5.41, 5.74) is 7.53. The molecular formula is C11H13NO3. The highest BCUT2D eigenvalue weighted by Gasteiger charge is 2.36. The summed E-state index contributed by atoms with van der Waals surface area (Å²) in [7, 11) is 1.58. The van der Waals surface area contributed by atoms with E-state index in [4.69, 9.17) is 15.6 Å². The fourth-order valence-electron chi connectivity index (χ4n) is 2.18. The number of benzene rings is 1. The molecule has 0 saturated heterocycles. The minimum Gasteiger partial charge on any atom is -0.496 e. The summed E-state index contributed by atoms with van der Waals surface area (Å²) in [4.78, 5) is 11.1. The lowest BCUT2D eigenvalue weighted by atomic mass is 9.99. The Hall–Kier alpha value is -1.55. The van der Waals surface area contributed by atoms with E-state index in [1.54, 1.807) is 13.2 Å². The molecule has 2 rings (SSSR count). The molecule has 0 spiro atoms. The molecule has 80 valence electrons. The van der Waals surface area contributed by atoms with Gasteiger partial charge in [-0.1, -0.05) is 12.1 Å². The van der Waals surface area contributed by atoms with E-state index in [0.29, 0.717) is 6.42 Å². The van der Waals surface area contributed by atoms with E-state index in [-0.39, 0.29) is 6.04 Å². The summed E-state index contributed by atoms with van der Waals surface area (Å²) in [5, 5.41) is 9.07. The molecule has 15 heavy (non-hydrogen) atoms. The van der Waals surface area contributed by atoms with Gasteiger partial charge in [-0.05, 0) is 23.6 Å². The molecule has 0 aliphatic heterocycles. The standard InChI is InChI=1S/C11H13NO3/c1-15-9-4-2-3-6-7(9)5-8(12)10(6)11(13)14/h2-4,8,10H,5,12H2,1H3,(H,13,14). The van der Waals surface area contributed by atoms with Gasteiger partial charge >= 0.3 is 5.97 Å². The zero-order valence-corrected chi connectivity index (χ0v) is 8.43. The maximum Gasteiger partial charge on any atom is 0.312 e. The third-order valence-electron chi connectivity index (χ3n) is 2.86. The van der Waals surface area contributed by atoms with Crippen molar-refractivity contribution in [2.75, 3.05) is 7.11 Å². The van der Waals surface area contributed by atoms with Crippen molar-refractivity contribution in [3.8, 4) is 5.75 Å². The molecule has 4 heteroatoms. The summed E-state index contributed by atoms with van der Waals surface area (Å²) >= 11 is 0. The Balaban J connectivity index is 2.51. The van der Waals surface area contributed by atoms with Gasteiger partial charge in [0.2, 0.25) is 0 Å². The number of carbonyl (C=O) groups is 1. The number of methoxy groups -OCH3 is 1. The van der Waals surface area contributed by atoms with Crippen LogP contribution in [0.1, 0.15) is 17.0 Å². The number of carboxylic acids is 1. The highest BCUT2D eigenvalue weighted by Crippen LogP contribution is 2.37. The lowest BCUT2D eigenvalue weighted by molar-refractivity contribution is -0.139. The Morgan fingerprint density at radius 1 is 1.60 bits per heavy atom. The molecule has 0 bridgehead atoms. The molecule has 2 atom stereocenters. The van der Waals surface area contributed by atoms with Crippen LogP contribution in [-0.4, -0.2) is 24.2 Å². The van der Waals surface area contributed by atoms with Crippen molar-refractivity contribution in [1.82, 2.24) is 0 Å². The van der Waals surface area contributed by atoms with E-state index in [1.165, 1.54) is 0 Å². The lowest BCUT2D eigenvalue weighted by Gasteiger charge is -2.10. The second kappa shape index (κ2) is 3.55. The van der Waals surface area contributed by atoms with Gasteiger partial charge in [0.25, 0.3) is 0 Å². The van der Waals surface area contributed by atoms with Crippen LogP contribution in [0, 0.1) is 0 Å². The highest BCUT2D eigenvalue weighted by atomic mass is 16.5. The van der Waals surface area contributed by atoms with Crippen LogP contribution in [-0.2, 0) is 11.2 Å². The molecular weight excluding hydrogens is 194 g/mol. The molecule has 0 saturated carbocycles. The van der Waals surface area contributed by atoms with Crippen molar-refractivity contribution in [3.63, 3.8) is 0 Å². The third kappa shape index (κ3) is 1.47. The summed E-state index contributed by atoms with van der Waals surface area (Å²) in [6, 6.07) is 5.08. The Labute approximate surface area is 87.7 Å². The minimum atomic E-state index is -0.866. The number of aliphatic carboxylic acids is 1. The van der Waals surface area contributed by atoms with Crippen LogP contribution in [0.15, 0.2) is 18.2 Å². The molecule has 3 N–H and O–H groups in total. The van der Waals surface area contributed by atoms with Crippen LogP contribution >= 0.6 is 0 Å². The fraction of sp³-hybridized carbons (Fsp3) is 0.364. The number of hydrogen-bond donors (Lipinski definition) is 2. The summed E-state index contributed by atoms with van der Waals surface area (Å²) in [6.07, 6.45) is 0.566. The van der Waals surface area contributed by atoms with Gasteiger partial charge in [0.15, 0.2) is 0 Å². The van der Waals surface area contributed by atoms with Gasteiger partial charge in [0, 0.05) is 6.04 Å². The second-order valence-electron chi connectivity index (χ2n) is 3.71. The van der Waals surface area contributed by atoms with Gasteiger partial charge in [-0.15, -0.1) is 0 Å². The van der Waals surface area contributed by atoms with E-state index >= 15 is 0 Å². The molecule has 0 amide bonds. The van der Waals surface area contributed by atoms with Crippen molar-refractivity contribution in [1.29, 1.82) is 0 Å². The van der Waals surface area contributed by atoms with Crippen molar-refractivity contribution < 1.29 is 14.6 Å². The largest absolute Gasteiger partial charge is 0.496 e. The zero-order valence-electron chi connectivity index (χ0n) is 8.43. The van der Waals surface area contributed by atoms with Crippen molar-refractivity contribution in [2.45, 2.75) is 18.4 Å². The van der Waals surface area contributed by atoms with Crippen LogP contribution in [0.25, 0.3) is 0 Å². The number of fused-ring (bicyclic) bond motifs is 1. The minimum absolute atomic E-state index is 0.353. The summed E-state index contributed by atoms with van der Waals surface area (Å²) in [5.74, 6) is -0.740. The van der Waals surface area contributed by atoms with Gasteiger partial charge in [-0.3, -0.25) is 4.79 Å². The molecule has 1 aromatic rings. The van der Waals surface area contributed by atoms with Crippen molar-refractivity contribution >= 4 is 5.97 Å². The Morgan fingerprint density at radius 3 is 2.93 bits per heavy atom. The second-order valence-corrected chi connectivity index (χ2v) is 3.71. The van der Waals surface area contributed by atoms with E-state index < -0.39 is 11.9 Å². The average molecular weight is 207 g/mol. The summed E-state index contributed by atoms with van der Waals surface area (Å²) < 4.78 is 5.18. The molecule has 1 aliphatic carbocycles. The lowest BCUT2D eigenvalue weighted by Crippen LogP contribution is -2.30. The first-order chi connectivity index (χ1) is 7.15. The predicted octanol–water partition coefficient (Wildman–Crippen LogP) is 0.747. The molecule has 0 aromatic heterocycles. The Morgan fingerprint density at radius 2 is 2.33 bits per heavy atom. The maximum absolute atomic E-state index is 11.1. The molecule has 1 aliphatic rings. The van der Waals surface area contributed by atoms with E-state index in [9.17, 15) is 4.79 Å². The first kappa shape index (κ1) is 9.98. The maximum atomic E-state index is 11.1. The number of hydrogen-bond acceptors (Lipinski definition) is 3. The molecule has 2 unspecified atom stereocenters. The summed E-state index contributed by atoms with van der Waals surface area (Å²) in [6.45, 7) is 0. The molecule has 4 nitrogen and oxygen atoms in total. The van der Waals surface area contributed by atoms with E-state index in [0.717, 1.165) is 16.9 Å². The zero-order chi connectivity index (χ0) is 11.0. The molecule has 1 aromatic carbocycles.